The van der Waals surface area contributed by atoms with Gasteiger partial charge in [0.05, 0.1) is 27.5 Å². The first-order valence-electron chi connectivity index (χ1n) is 11.6. The first kappa shape index (κ1) is 26.1. The molecule has 4 aromatic rings. The third-order valence-corrected chi connectivity index (χ3v) is 7.06. The van der Waals surface area contributed by atoms with Crippen LogP contribution in [0.1, 0.15) is 23.5 Å². The third kappa shape index (κ3) is 5.10. The molecular weight excluding hydrogens is 548 g/mol. The van der Waals surface area contributed by atoms with Gasteiger partial charge in [-0.1, -0.05) is 29.3 Å². The number of amides is 1. The Morgan fingerprint density at radius 3 is 2.61 bits per heavy atom. The highest BCUT2D eigenvalue weighted by atomic mass is 35.5. The van der Waals surface area contributed by atoms with Crippen LogP contribution in [-0.4, -0.2) is 34.3 Å². The molecule has 0 saturated carbocycles. The molecule has 0 spiro atoms. The second-order valence-electron chi connectivity index (χ2n) is 8.54. The van der Waals surface area contributed by atoms with Crippen LogP contribution in [-0.2, 0) is 9.53 Å². The first-order chi connectivity index (χ1) is 18.4. The number of nitrogens with one attached hydrogen (secondary N) is 2. The quantitative estimate of drug-likeness (QED) is 0.263. The van der Waals surface area contributed by atoms with Gasteiger partial charge in [0.25, 0.3) is 0 Å². The molecule has 1 aliphatic rings. The lowest BCUT2D eigenvalue weighted by Gasteiger charge is -2.29. The highest BCUT2D eigenvalue weighted by Crippen LogP contribution is 2.43. The average molecular weight is 570 g/mol. The largest absolute Gasteiger partial charge is 0.375 e. The van der Waals surface area contributed by atoms with Gasteiger partial charge >= 0.3 is 0 Å². The second kappa shape index (κ2) is 11.1. The van der Waals surface area contributed by atoms with Gasteiger partial charge in [-0.3, -0.25) is 9.78 Å². The molecule has 38 heavy (non-hydrogen) atoms. The van der Waals surface area contributed by atoms with Crippen LogP contribution >= 0.6 is 35.4 Å². The highest BCUT2D eigenvalue weighted by Gasteiger charge is 2.42. The molecule has 1 amide bonds. The Kier molecular flexibility index (Phi) is 7.62. The van der Waals surface area contributed by atoms with Crippen LogP contribution in [0, 0.1) is 5.82 Å². The lowest BCUT2D eigenvalue weighted by molar-refractivity contribution is -0.119. The van der Waals surface area contributed by atoms with Crippen molar-refractivity contribution < 1.29 is 13.9 Å². The van der Waals surface area contributed by atoms with Gasteiger partial charge in [-0.05, 0) is 72.9 Å². The number of nitrogens with zero attached hydrogens (tertiary/aromatic N) is 3. The van der Waals surface area contributed by atoms with Crippen molar-refractivity contribution in [1.82, 2.24) is 14.9 Å². The summed E-state index contributed by atoms with van der Waals surface area (Å²) in [6.45, 7) is -0.0869. The standard InChI is InChI=1S/C27H22Cl2FN5O2S/c1-37-15-24(36)32-21-10-8-17(14-19(21)29)35-26(25(33-27(35)38)22-5-2-3-11-31-22)23-6-4-12-34(23)16-7-9-20(30)18(28)13-16/h2-14,25-26H,15H2,1H3,(H,32,36)(H,33,38)/t25-,26+/m1/s1. The lowest BCUT2D eigenvalue weighted by atomic mass is 10.0. The smallest absolute Gasteiger partial charge is 0.250 e. The number of hydrogen-bond acceptors (Lipinski definition) is 4. The van der Waals surface area contributed by atoms with Gasteiger partial charge in [-0.15, -0.1) is 0 Å². The maximum atomic E-state index is 13.9. The van der Waals surface area contributed by atoms with E-state index < -0.39 is 5.82 Å². The van der Waals surface area contributed by atoms with E-state index in [1.165, 1.54) is 13.2 Å². The van der Waals surface area contributed by atoms with E-state index in [0.717, 1.165) is 11.4 Å². The summed E-state index contributed by atoms with van der Waals surface area (Å²) >= 11 is 18.5. The van der Waals surface area contributed by atoms with Gasteiger partial charge < -0.3 is 24.8 Å². The summed E-state index contributed by atoms with van der Waals surface area (Å²) in [7, 11) is 1.44. The minimum absolute atomic E-state index is 0.0261. The number of pyridine rings is 1. The van der Waals surface area contributed by atoms with E-state index in [1.54, 1.807) is 30.5 Å². The van der Waals surface area contributed by atoms with Gasteiger partial charge in [0, 0.05) is 36.6 Å². The Bertz CT molecular complexity index is 1500. The Labute approximate surface area is 234 Å². The summed E-state index contributed by atoms with van der Waals surface area (Å²) in [6.07, 6.45) is 3.61. The zero-order valence-corrected chi connectivity index (χ0v) is 22.4. The predicted octanol–water partition coefficient (Wildman–Crippen LogP) is 6.08. The molecule has 2 aromatic carbocycles. The van der Waals surface area contributed by atoms with Crippen LogP contribution in [0.4, 0.5) is 15.8 Å². The Balaban J connectivity index is 1.59. The molecule has 11 heteroatoms. The summed E-state index contributed by atoms with van der Waals surface area (Å²) < 4.78 is 20.7. The molecule has 0 bridgehead atoms. The summed E-state index contributed by atoms with van der Waals surface area (Å²) in [5.41, 5.74) is 3.53. The summed E-state index contributed by atoms with van der Waals surface area (Å²) in [5.74, 6) is -0.808. The van der Waals surface area contributed by atoms with Crippen molar-refractivity contribution in [1.29, 1.82) is 0 Å². The fourth-order valence-electron chi connectivity index (χ4n) is 4.51. The van der Waals surface area contributed by atoms with Gasteiger partial charge in [0.1, 0.15) is 18.5 Å². The van der Waals surface area contributed by atoms with Crippen LogP contribution in [0.2, 0.25) is 10.0 Å². The van der Waals surface area contributed by atoms with Gasteiger partial charge in [-0.25, -0.2) is 4.39 Å². The number of carbonyl (C=O) groups is 1. The van der Waals surface area contributed by atoms with Gasteiger partial charge in [0.2, 0.25) is 5.91 Å². The van der Waals surface area contributed by atoms with Crippen molar-refractivity contribution in [3.8, 4) is 5.69 Å². The zero-order chi connectivity index (χ0) is 26.8. The van der Waals surface area contributed by atoms with Crippen LogP contribution in [0.3, 0.4) is 0 Å². The third-order valence-electron chi connectivity index (χ3n) is 6.14. The van der Waals surface area contributed by atoms with E-state index in [4.69, 9.17) is 40.2 Å². The molecule has 3 heterocycles. The van der Waals surface area contributed by atoms with Gasteiger partial charge in [-0.2, -0.15) is 0 Å². The Morgan fingerprint density at radius 2 is 1.89 bits per heavy atom. The first-order valence-corrected chi connectivity index (χ1v) is 12.8. The van der Waals surface area contributed by atoms with E-state index in [9.17, 15) is 9.18 Å². The number of thiocarbonyl (C=S) groups is 1. The van der Waals surface area contributed by atoms with Crippen molar-refractivity contribution in [2.45, 2.75) is 12.1 Å². The van der Waals surface area contributed by atoms with E-state index in [-0.39, 0.29) is 29.6 Å². The predicted molar refractivity (Wildman–Crippen MR) is 151 cm³/mol. The number of hydrogen-bond donors (Lipinski definition) is 2. The SMILES string of the molecule is COCC(=O)Nc1ccc(N2C(=S)N[C@H](c3ccccn3)[C@@H]2c2cccn2-c2ccc(F)c(Cl)c2)cc1Cl. The topological polar surface area (TPSA) is 71.4 Å². The molecular formula is C27H22Cl2FN5O2S. The molecule has 1 aliphatic heterocycles. The molecule has 1 saturated heterocycles. The molecule has 2 aromatic heterocycles. The molecule has 2 atom stereocenters. The van der Waals surface area contributed by atoms with E-state index >= 15 is 0 Å². The monoisotopic (exact) mass is 569 g/mol. The normalized spacial score (nSPS) is 16.9. The number of rotatable bonds is 7. The molecule has 2 N–H and O–H groups in total. The molecule has 194 valence electrons. The van der Waals surface area contributed by atoms with Crippen molar-refractivity contribution in [3.63, 3.8) is 0 Å². The second-order valence-corrected chi connectivity index (χ2v) is 9.74. The number of ether oxygens (including phenoxy) is 1. The summed E-state index contributed by atoms with van der Waals surface area (Å²) in [4.78, 5) is 18.5. The zero-order valence-electron chi connectivity index (χ0n) is 20.1. The molecule has 7 nitrogen and oxygen atoms in total. The number of carbonyl (C=O) groups excluding carboxylic acids is 1. The fourth-order valence-corrected chi connectivity index (χ4v) is 5.25. The van der Waals surface area contributed by atoms with Crippen LogP contribution in [0.15, 0.2) is 79.1 Å². The molecule has 0 aliphatic carbocycles. The number of halogens is 3. The number of anilines is 2. The van der Waals surface area contributed by atoms with Crippen LogP contribution in [0.25, 0.3) is 5.69 Å². The van der Waals surface area contributed by atoms with Crippen molar-refractivity contribution >= 4 is 57.8 Å². The van der Waals surface area contributed by atoms with Crippen LogP contribution in [0.5, 0.6) is 0 Å². The summed E-state index contributed by atoms with van der Waals surface area (Å²) in [5, 5.41) is 6.98. The fraction of sp³-hybridized carbons (Fsp3) is 0.148. The number of aromatic nitrogens is 2. The highest BCUT2D eigenvalue weighted by molar-refractivity contribution is 7.80. The van der Waals surface area contributed by atoms with Crippen molar-refractivity contribution in [2.24, 2.45) is 0 Å². The minimum Gasteiger partial charge on any atom is -0.375 e. The number of methoxy groups -OCH3 is 1. The van der Waals surface area contributed by atoms with E-state index in [0.29, 0.717) is 27.2 Å². The van der Waals surface area contributed by atoms with Crippen molar-refractivity contribution in [3.05, 3.63) is 106 Å². The van der Waals surface area contributed by atoms with Crippen LogP contribution < -0.4 is 15.5 Å². The molecule has 0 radical (unpaired) electrons. The van der Waals surface area contributed by atoms with E-state index in [1.807, 2.05) is 52.1 Å². The average Bonchev–Trinajstić information content (AvgIpc) is 3.52. The minimum atomic E-state index is -0.492. The van der Waals surface area contributed by atoms with E-state index in [2.05, 4.69) is 15.6 Å². The molecule has 0 unspecified atom stereocenters. The Hall–Kier alpha value is -3.50. The lowest BCUT2D eigenvalue weighted by Crippen LogP contribution is -2.30. The van der Waals surface area contributed by atoms with Gasteiger partial charge in [0.15, 0.2) is 5.11 Å². The molecule has 5 rings (SSSR count). The Morgan fingerprint density at radius 1 is 1.11 bits per heavy atom. The maximum Gasteiger partial charge on any atom is 0.250 e. The van der Waals surface area contributed by atoms with Crippen molar-refractivity contribution in [2.75, 3.05) is 23.9 Å². The number of benzene rings is 2. The molecule has 1 fully saturated rings. The maximum absolute atomic E-state index is 13.9. The summed E-state index contributed by atoms with van der Waals surface area (Å²) in [6, 6.07) is 18.8.